The molecule has 0 spiro atoms. The van der Waals surface area contributed by atoms with Gasteiger partial charge in [-0.1, -0.05) is 52.9 Å². The molecule has 2 N–H and O–H groups in total. The predicted molar refractivity (Wildman–Crippen MR) is 120 cm³/mol. The van der Waals surface area contributed by atoms with E-state index >= 15 is 0 Å². The summed E-state index contributed by atoms with van der Waals surface area (Å²) in [4.78, 5) is 23.4. The molecule has 0 aromatic heterocycles. The smallest absolute Gasteiger partial charge is 0.225 e. The standard InChI is InChI=1S/C21H44N2O5Si/c1-21(2,3)20(25)23-11-13-27-15-17-28-16-14-26-12-10-22-19(24)9-7-8-18-29(4,5)6/h7-18H2,1-6H3,(H,22,24)(H,23,25). The largest absolute Gasteiger partial charge is 0.377 e. The van der Waals surface area contributed by atoms with E-state index in [9.17, 15) is 9.59 Å². The van der Waals surface area contributed by atoms with Crippen LogP contribution in [-0.2, 0) is 23.8 Å². The van der Waals surface area contributed by atoms with Crippen molar-refractivity contribution in [1.29, 1.82) is 0 Å². The van der Waals surface area contributed by atoms with Gasteiger partial charge in [-0.05, 0) is 6.42 Å². The molecular weight excluding hydrogens is 388 g/mol. The SMILES string of the molecule is CC(C)(C)C(=O)NCCOCCOCCOCCNC(=O)CCCC[Si](C)(C)C. The molecular formula is C21H44N2O5Si. The average Bonchev–Trinajstić information content (AvgIpc) is 2.60. The van der Waals surface area contributed by atoms with Crippen molar-refractivity contribution in [3.8, 4) is 0 Å². The van der Waals surface area contributed by atoms with E-state index in [0.717, 1.165) is 12.8 Å². The number of unbranched alkanes of at least 4 members (excludes halogenated alkanes) is 1. The molecule has 0 aliphatic carbocycles. The fourth-order valence-electron chi connectivity index (χ4n) is 2.34. The number of hydrogen-bond acceptors (Lipinski definition) is 5. The monoisotopic (exact) mass is 432 g/mol. The van der Waals surface area contributed by atoms with Crippen molar-refractivity contribution in [3.05, 3.63) is 0 Å². The molecule has 2 amide bonds. The third kappa shape index (κ3) is 20.1. The maximum Gasteiger partial charge on any atom is 0.225 e. The van der Waals surface area contributed by atoms with Gasteiger partial charge in [0.15, 0.2) is 0 Å². The van der Waals surface area contributed by atoms with Crippen molar-refractivity contribution < 1.29 is 23.8 Å². The summed E-state index contributed by atoms with van der Waals surface area (Å²) in [6.45, 7) is 16.7. The number of hydrogen-bond donors (Lipinski definition) is 2. The zero-order valence-corrected chi connectivity index (χ0v) is 20.5. The van der Waals surface area contributed by atoms with Gasteiger partial charge in [0, 0.05) is 33.0 Å². The number of amides is 2. The minimum atomic E-state index is -0.985. The molecule has 0 aliphatic rings. The number of carbonyl (C=O) groups is 2. The zero-order chi connectivity index (χ0) is 22.2. The normalized spacial score (nSPS) is 12.1. The van der Waals surface area contributed by atoms with Crippen molar-refractivity contribution in [2.24, 2.45) is 5.41 Å². The predicted octanol–water partition coefficient (Wildman–Crippen LogP) is 2.82. The van der Waals surface area contributed by atoms with Crippen LogP contribution in [-0.4, -0.2) is 72.6 Å². The Morgan fingerprint density at radius 3 is 1.72 bits per heavy atom. The average molecular weight is 433 g/mol. The van der Waals surface area contributed by atoms with Gasteiger partial charge in [-0.2, -0.15) is 0 Å². The van der Waals surface area contributed by atoms with Crippen LogP contribution in [0.1, 0.15) is 40.0 Å². The molecule has 8 heteroatoms. The molecule has 172 valence electrons. The molecule has 0 rings (SSSR count). The third-order valence-corrected chi connectivity index (χ3v) is 5.96. The van der Waals surface area contributed by atoms with E-state index < -0.39 is 8.07 Å². The van der Waals surface area contributed by atoms with Crippen molar-refractivity contribution in [2.45, 2.75) is 65.7 Å². The fourth-order valence-corrected chi connectivity index (χ4v) is 3.65. The highest BCUT2D eigenvalue weighted by atomic mass is 28.3. The first-order valence-corrected chi connectivity index (χ1v) is 14.5. The minimum absolute atomic E-state index is 0.0210. The second-order valence-electron chi connectivity index (χ2n) is 9.46. The Kier molecular flexibility index (Phi) is 15.3. The lowest BCUT2D eigenvalue weighted by molar-refractivity contribution is -0.128. The Bertz CT molecular complexity index is 447. The molecule has 0 atom stereocenters. The van der Waals surface area contributed by atoms with Crippen LogP contribution in [0.2, 0.25) is 25.7 Å². The molecule has 0 saturated carbocycles. The van der Waals surface area contributed by atoms with Crippen LogP contribution in [0.3, 0.4) is 0 Å². The zero-order valence-electron chi connectivity index (χ0n) is 19.5. The lowest BCUT2D eigenvalue weighted by Gasteiger charge is -2.17. The number of rotatable bonds is 17. The third-order valence-electron chi connectivity index (χ3n) is 4.11. The van der Waals surface area contributed by atoms with Crippen LogP contribution >= 0.6 is 0 Å². The summed E-state index contributed by atoms with van der Waals surface area (Å²) in [5.41, 5.74) is -0.376. The summed E-state index contributed by atoms with van der Waals surface area (Å²) in [6.07, 6.45) is 2.72. The van der Waals surface area contributed by atoms with Gasteiger partial charge in [0.05, 0.1) is 39.6 Å². The van der Waals surface area contributed by atoms with E-state index in [-0.39, 0.29) is 17.2 Å². The summed E-state index contributed by atoms with van der Waals surface area (Å²) in [5, 5.41) is 5.71. The molecule has 0 fully saturated rings. The van der Waals surface area contributed by atoms with Crippen molar-refractivity contribution in [3.63, 3.8) is 0 Å². The number of nitrogens with one attached hydrogen (secondary N) is 2. The van der Waals surface area contributed by atoms with Gasteiger partial charge in [0.2, 0.25) is 11.8 Å². The molecule has 7 nitrogen and oxygen atoms in total. The quantitative estimate of drug-likeness (QED) is 0.273. The highest BCUT2D eigenvalue weighted by Gasteiger charge is 2.20. The molecule has 0 bridgehead atoms. The van der Waals surface area contributed by atoms with Crippen molar-refractivity contribution in [1.82, 2.24) is 10.6 Å². The van der Waals surface area contributed by atoms with Gasteiger partial charge in [-0.3, -0.25) is 9.59 Å². The summed E-state index contributed by atoms with van der Waals surface area (Å²) in [5.74, 6) is 0.129. The first-order chi connectivity index (χ1) is 13.5. The molecule has 0 aliphatic heterocycles. The van der Waals surface area contributed by atoms with Gasteiger partial charge in [0.25, 0.3) is 0 Å². The van der Waals surface area contributed by atoms with E-state index in [1.165, 1.54) is 6.04 Å². The minimum Gasteiger partial charge on any atom is -0.377 e. The second-order valence-corrected chi connectivity index (χ2v) is 15.1. The lowest BCUT2D eigenvalue weighted by Crippen LogP contribution is -2.36. The highest BCUT2D eigenvalue weighted by Crippen LogP contribution is 2.13. The Morgan fingerprint density at radius 1 is 0.759 bits per heavy atom. The second kappa shape index (κ2) is 15.8. The fraction of sp³-hybridized carbons (Fsp3) is 0.905. The van der Waals surface area contributed by atoms with Gasteiger partial charge >= 0.3 is 0 Å². The summed E-state index contributed by atoms with van der Waals surface area (Å²) >= 11 is 0. The Labute approximate surface area is 178 Å². The van der Waals surface area contributed by atoms with Crippen LogP contribution in [0.15, 0.2) is 0 Å². The molecule has 0 heterocycles. The topological polar surface area (TPSA) is 85.9 Å². The van der Waals surface area contributed by atoms with Crippen molar-refractivity contribution >= 4 is 19.9 Å². The molecule has 0 unspecified atom stereocenters. The van der Waals surface area contributed by atoms with Gasteiger partial charge < -0.3 is 24.8 Å². The molecule has 0 aromatic carbocycles. The number of carbonyl (C=O) groups excluding carboxylic acids is 2. The van der Waals surface area contributed by atoms with E-state index in [4.69, 9.17) is 14.2 Å². The van der Waals surface area contributed by atoms with E-state index in [1.54, 1.807) is 0 Å². The molecule has 0 radical (unpaired) electrons. The maximum atomic E-state index is 11.7. The van der Waals surface area contributed by atoms with Crippen LogP contribution in [0.25, 0.3) is 0 Å². The van der Waals surface area contributed by atoms with E-state index in [1.807, 2.05) is 20.8 Å². The summed E-state index contributed by atoms with van der Waals surface area (Å²) < 4.78 is 16.3. The van der Waals surface area contributed by atoms with Crippen LogP contribution in [0, 0.1) is 5.41 Å². The number of ether oxygens (including phenoxy) is 3. The highest BCUT2D eigenvalue weighted by molar-refractivity contribution is 6.76. The summed E-state index contributed by atoms with van der Waals surface area (Å²) in [6, 6.07) is 1.28. The molecule has 0 saturated heterocycles. The Balaban J connectivity index is 3.29. The molecule has 29 heavy (non-hydrogen) atoms. The van der Waals surface area contributed by atoms with Gasteiger partial charge in [-0.25, -0.2) is 0 Å². The van der Waals surface area contributed by atoms with Crippen LogP contribution in [0.5, 0.6) is 0 Å². The van der Waals surface area contributed by atoms with Gasteiger partial charge in [-0.15, -0.1) is 0 Å². The van der Waals surface area contributed by atoms with Crippen molar-refractivity contribution in [2.75, 3.05) is 52.7 Å². The summed E-state index contributed by atoms with van der Waals surface area (Å²) in [7, 11) is -0.985. The lowest BCUT2D eigenvalue weighted by atomic mass is 9.96. The van der Waals surface area contributed by atoms with Crippen LogP contribution in [0.4, 0.5) is 0 Å². The first kappa shape index (κ1) is 28.0. The van der Waals surface area contributed by atoms with E-state index in [0.29, 0.717) is 59.2 Å². The Morgan fingerprint density at radius 2 is 1.24 bits per heavy atom. The Hall–Kier alpha value is -0.963. The molecule has 0 aromatic rings. The van der Waals surface area contributed by atoms with E-state index in [2.05, 4.69) is 30.3 Å². The van der Waals surface area contributed by atoms with Gasteiger partial charge in [0.1, 0.15) is 0 Å². The maximum absolute atomic E-state index is 11.7. The first-order valence-electron chi connectivity index (χ1n) is 10.8. The van der Waals surface area contributed by atoms with Crippen LogP contribution < -0.4 is 10.6 Å².